The van der Waals surface area contributed by atoms with E-state index in [9.17, 15) is 9.18 Å². The van der Waals surface area contributed by atoms with Crippen molar-refractivity contribution in [1.82, 2.24) is 5.32 Å². The number of carbonyl (C=O) groups excluding carboxylic acids is 1. The maximum atomic E-state index is 13.4. The third-order valence-electron chi connectivity index (χ3n) is 3.55. The molecule has 122 valence electrons. The second-order valence-corrected chi connectivity index (χ2v) is 5.31. The number of para-hydroxylation sites is 2. The fourth-order valence-corrected chi connectivity index (χ4v) is 2.34. The second kappa shape index (κ2) is 7.05. The van der Waals surface area contributed by atoms with E-state index >= 15 is 0 Å². The molecule has 1 N–H and O–H groups in total. The largest absolute Gasteiger partial charge is 0.482 e. The average Bonchev–Trinajstić information content (AvgIpc) is 2.59. The number of amides is 1. The van der Waals surface area contributed by atoms with Gasteiger partial charge >= 0.3 is 0 Å². The minimum Gasteiger partial charge on any atom is -0.482 e. The summed E-state index contributed by atoms with van der Waals surface area (Å²) in [5.41, 5.74) is 0.297. The van der Waals surface area contributed by atoms with Crippen molar-refractivity contribution in [3.05, 3.63) is 59.9 Å². The quantitative estimate of drug-likeness (QED) is 0.863. The molecule has 0 fully saturated rings. The highest BCUT2D eigenvalue weighted by Crippen LogP contribution is 2.33. The van der Waals surface area contributed by atoms with E-state index in [1.165, 1.54) is 6.07 Å². The molecule has 1 aliphatic heterocycles. The van der Waals surface area contributed by atoms with E-state index in [0.29, 0.717) is 17.1 Å². The molecule has 1 heterocycles. The van der Waals surface area contributed by atoms with Crippen LogP contribution in [0.2, 0.25) is 0 Å². The second-order valence-electron chi connectivity index (χ2n) is 5.31. The fourth-order valence-electron chi connectivity index (χ4n) is 2.34. The Kier molecular flexibility index (Phi) is 4.66. The lowest BCUT2D eigenvalue weighted by Crippen LogP contribution is -2.49. The van der Waals surface area contributed by atoms with Crippen molar-refractivity contribution >= 4 is 5.91 Å². The summed E-state index contributed by atoms with van der Waals surface area (Å²) >= 11 is 0. The maximum Gasteiger partial charge on any atom is 0.265 e. The van der Waals surface area contributed by atoms with E-state index in [2.05, 4.69) is 17.2 Å². The lowest BCUT2D eigenvalue weighted by molar-refractivity contribution is -0.133. The Morgan fingerprint density at radius 2 is 1.79 bits per heavy atom. The molecule has 0 saturated carbocycles. The maximum absolute atomic E-state index is 13.4. The smallest absolute Gasteiger partial charge is 0.265 e. The molecule has 0 bridgehead atoms. The van der Waals surface area contributed by atoms with Crippen LogP contribution in [-0.4, -0.2) is 24.7 Å². The molecule has 3 rings (SSSR count). The van der Waals surface area contributed by atoms with Gasteiger partial charge in [-0.2, -0.15) is 0 Å². The van der Waals surface area contributed by atoms with Crippen LogP contribution in [0, 0.1) is 17.7 Å². The standard InChI is InChI=1S/C19H16FNO3/c1-13-18(24-17-11-5-4-10-16(17)23-13)19(22)21-12-6-8-14-7-2-3-9-15(14)20/h2-5,7,9-11,13,18H,12H2,1H3,(H,21,22). The van der Waals surface area contributed by atoms with Crippen LogP contribution in [0.25, 0.3) is 0 Å². The van der Waals surface area contributed by atoms with E-state index in [1.807, 2.05) is 12.1 Å². The highest BCUT2D eigenvalue weighted by atomic mass is 19.1. The molecular weight excluding hydrogens is 309 g/mol. The van der Waals surface area contributed by atoms with Crippen LogP contribution < -0.4 is 14.8 Å². The van der Waals surface area contributed by atoms with Crippen molar-refractivity contribution in [2.45, 2.75) is 19.1 Å². The van der Waals surface area contributed by atoms with Gasteiger partial charge in [0, 0.05) is 0 Å². The predicted molar refractivity (Wildman–Crippen MR) is 87.2 cm³/mol. The Bertz CT molecular complexity index is 809. The van der Waals surface area contributed by atoms with Crippen LogP contribution in [0.3, 0.4) is 0 Å². The number of rotatable bonds is 2. The van der Waals surface area contributed by atoms with E-state index in [1.54, 1.807) is 37.3 Å². The number of hydrogen-bond acceptors (Lipinski definition) is 3. The molecule has 0 radical (unpaired) electrons. The first-order chi connectivity index (χ1) is 11.6. The summed E-state index contributed by atoms with van der Waals surface area (Å²) in [6.45, 7) is 1.87. The minimum absolute atomic E-state index is 0.0986. The summed E-state index contributed by atoms with van der Waals surface area (Å²) in [6, 6.07) is 13.4. The summed E-state index contributed by atoms with van der Waals surface area (Å²) in [7, 11) is 0. The third-order valence-corrected chi connectivity index (χ3v) is 3.55. The van der Waals surface area contributed by atoms with Gasteiger partial charge in [-0.15, -0.1) is 0 Å². The molecule has 5 heteroatoms. The van der Waals surface area contributed by atoms with Gasteiger partial charge in [0.1, 0.15) is 11.9 Å². The van der Waals surface area contributed by atoms with Crippen molar-refractivity contribution in [3.63, 3.8) is 0 Å². The lowest BCUT2D eigenvalue weighted by atomic mass is 10.1. The van der Waals surface area contributed by atoms with Gasteiger partial charge in [-0.25, -0.2) is 4.39 Å². The molecule has 0 saturated heterocycles. The molecule has 1 amide bonds. The number of hydrogen-bond donors (Lipinski definition) is 1. The van der Waals surface area contributed by atoms with Crippen molar-refractivity contribution < 1.29 is 18.7 Å². The van der Waals surface area contributed by atoms with Crippen molar-refractivity contribution in [1.29, 1.82) is 0 Å². The molecule has 0 aromatic heterocycles. The minimum atomic E-state index is -0.754. The number of carbonyl (C=O) groups is 1. The first-order valence-electron chi connectivity index (χ1n) is 7.58. The van der Waals surface area contributed by atoms with Gasteiger partial charge in [-0.05, 0) is 31.2 Å². The molecular formula is C19H16FNO3. The average molecular weight is 325 g/mol. The van der Waals surface area contributed by atoms with E-state index in [4.69, 9.17) is 9.47 Å². The van der Waals surface area contributed by atoms with Crippen LogP contribution in [0.1, 0.15) is 12.5 Å². The normalized spacial score (nSPS) is 18.2. The summed E-state index contributed by atoms with van der Waals surface area (Å²) in [5.74, 6) is 5.87. The Hall–Kier alpha value is -3.00. The number of benzene rings is 2. The first kappa shape index (κ1) is 15.9. The highest BCUT2D eigenvalue weighted by Gasteiger charge is 2.33. The zero-order valence-corrected chi connectivity index (χ0v) is 13.1. The van der Waals surface area contributed by atoms with Crippen LogP contribution in [0.4, 0.5) is 4.39 Å². The van der Waals surface area contributed by atoms with Gasteiger partial charge in [0.25, 0.3) is 5.91 Å². The first-order valence-corrected chi connectivity index (χ1v) is 7.58. The monoisotopic (exact) mass is 325 g/mol. The molecule has 24 heavy (non-hydrogen) atoms. The van der Waals surface area contributed by atoms with Gasteiger partial charge in [-0.1, -0.05) is 36.1 Å². The molecule has 2 unspecified atom stereocenters. The number of fused-ring (bicyclic) bond motifs is 1. The summed E-state index contributed by atoms with van der Waals surface area (Å²) in [6.07, 6.45) is -1.17. The topological polar surface area (TPSA) is 47.6 Å². The van der Waals surface area contributed by atoms with Crippen LogP contribution >= 0.6 is 0 Å². The highest BCUT2D eigenvalue weighted by molar-refractivity contribution is 5.82. The van der Waals surface area contributed by atoms with Gasteiger partial charge in [0.2, 0.25) is 6.10 Å². The summed E-state index contributed by atoms with van der Waals surface area (Å²) < 4.78 is 24.8. The fraction of sp³-hybridized carbons (Fsp3) is 0.211. The Morgan fingerprint density at radius 1 is 1.12 bits per heavy atom. The third kappa shape index (κ3) is 3.49. The van der Waals surface area contributed by atoms with Crippen molar-refractivity contribution in [2.75, 3.05) is 6.54 Å². The molecule has 2 aromatic carbocycles. The number of halogens is 1. The van der Waals surface area contributed by atoms with Gasteiger partial charge in [0.05, 0.1) is 12.1 Å². The summed E-state index contributed by atoms with van der Waals surface area (Å²) in [4.78, 5) is 12.2. The number of nitrogens with one attached hydrogen (secondary N) is 1. The molecule has 1 aliphatic rings. The molecule has 4 nitrogen and oxygen atoms in total. The lowest BCUT2D eigenvalue weighted by Gasteiger charge is -2.30. The van der Waals surface area contributed by atoms with E-state index < -0.39 is 12.2 Å². The predicted octanol–water partition coefficient (Wildman–Crippen LogP) is 2.52. The van der Waals surface area contributed by atoms with Gasteiger partial charge in [0.15, 0.2) is 11.5 Å². The molecule has 2 atom stereocenters. The van der Waals surface area contributed by atoms with E-state index in [-0.39, 0.29) is 18.3 Å². The SMILES string of the molecule is CC1Oc2ccccc2OC1C(=O)NCC#Cc1ccccc1F. The molecule has 0 spiro atoms. The number of ether oxygens (including phenoxy) is 2. The van der Waals surface area contributed by atoms with Crippen LogP contribution in [-0.2, 0) is 4.79 Å². The van der Waals surface area contributed by atoms with Crippen LogP contribution in [0.5, 0.6) is 11.5 Å². The van der Waals surface area contributed by atoms with E-state index in [0.717, 1.165) is 0 Å². The van der Waals surface area contributed by atoms with Gasteiger partial charge in [-0.3, -0.25) is 4.79 Å². The zero-order chi connectivity index (χ0) is 16.9. The molecule has 0 aliphatic carbocycles. The Morgan fingerprint density at radius 3 is 2.54 bits per heavy atom. The van der Waals surface area contributed by atoms with Crippen molar-refractivity contribution in [3.8, 4) is 23.3 Å². The molecule has 2 aromatic rings. The zero-order valence-electron chi connectivity index (χ0n) is 13.1. The Balaban J connectivity index is 1.59. The van der Waals surface area contributed by atoms with Gasteiger partial charge < -0.3 is 14.8 Å². The van der Waals surface area contributed by atoms with Crippen LogP contribution in [0.15, 0.2) is 48.5 Å². The summed E-state index contributed by atoms with van der Waals surface area (Å²) in [5, 5.41) is 2.66. The van der Waals surface area contributed by atoms with Crippen molar-refractivity contribution in [2.24, 2.45) is 0 Å². The Labute approximate surface area is 139 Å².